The SMILES string of the molecule is CCOc1ccc(N2C(=O)CC(Sc3ncccc3C(=O)O)C2=O)c([N+](=O)[O-])c1. The van der Waals surface area contributed by atoms with Crippen molar-refractivity contribution in [1.29, 1.82) is 0 Å². The number of ether oxygens (including phenoxy) is 1. The average molecular weight is 417 g/mol. The minimum absolute atomic E-state index is 0.0918. The molecule has 3 rings (SSSR count). The van der Waals surface area contributed by atoms with Gasteiger partial charge in [0.2, 0.25) is 11.8 Å². The molecule has 0 bridgehead atoms. The lowest BCUT2D eigenvalue weighted by Crippen LogP contribution is -2.31. The van der Waals surface area contributed by atoms with Crippen molar-refractivity contribution >= 4 is 40.9 Å². The van der Waals surface area contributed by atoms with Crippen molar-refractivity contribution in [2.45, 2.75) is 23.6 Å². The van der Waals surface area contributed by atoms with Gasteiger partial charge in [-0.05, 0) is 31.2 Å². The number of carbonyl (C=O) groups excluding carboxylic acids is 2. The summed E-state index contributed by atoms with van der Waals surface area (Å²) in [6.45, 7) is 2.02. The number of benzene rings is 1. The maximum absolute atomic E-state index is 12.8. The van der Waals surface area contributed by atoms with Crippen molar-refractivity contribution in [3.8, 4) is 5.75 Å². The van der Waals surface area contributed by atoms with E-state index < -0.39 is 33.6 Å². The van der Waals surface area contributed by atoms with Crippen LogP contribution in [0.5, 0.6) is 5.75 Å². The number of amides is 2. The summed E-state index contributed by atoms with van der Waals surface area (Å²) >= 11 is 0.843. The molecule has 29 heavy (non-hydrogen) atoms. The number of thioether (sulfide) groups is 1. The Morgan fingerprint density at radius 1 is 1.41 bits per heavy atom. The fraction of sp³-hybridized carbons (Fsp3) is 0.222. The van der Waals surface area contributed by atoms with E-state index in [9.17, 15) is 29.6 Å². The van der Waals surface area contributed by atoms with Crippen LogP contribution in [0.3, 0.4) is 0 Å². The van der Waals surface area contributed by atoms with Crippen LogP contribution in [0.1, 0.15) is 23.7 Å². The van der Waals surface area contributed by atoms with E-state index in [1.807, 2.05) is 0 Å². The standard InChI is InChI=1S/C18H15N3O7S/c1-2-28-10-5-6-12(13(8-10)21(26)27)20-15(22)9-14(17(20)23)29-16-11(18(24)25)4-3-7-19-16/h3-8,14H,2,9H2,1H3,(H,24,25). The predicted octanol–water partition coefficient (Wildman–Crippen LogP) is 2.51. The minimum Gasteiger partial charge on any atom is -0.494 e. The molecule has 1 unspecified atom stereocenters. The van der Waals surface area contributed by atoms with E-state index >= 15 is 0 Å². The molecular weight excluding hydrogens is 402 g/mol. The minimum atomic E-state index is -1.21. The number of pyridine rings is 1. The summed E-state index contributed by atoms with van der Waals surface area (Å²) in [7, 11) is 0. The molecule has 150 valence electrons. The summed E-state index contributed by atoms with van der Waals surface area (Å²) in [6.07, 6.45) is 1.15. The van der Waals surface area contributed by atoms with Crippen molar-refractivity contribution in [3.05, 3.63) is 52.2 Å². The van der Waals surface area contributed by atoms with Gasteiger partial charge in [0.05, 0.1) is 28.4 Å². The Morgan fingerprint density at radius 3 is 2.83 bits per heavy atom. The molecule has 1 N–H and O–H groups in total. The first-order valence-corrected chi connectivity index (χ1v) is 9.34. The van der Waals surface area contributed by atoms with E-state index in [1.165, 1.54) is 30.5 Å². The van der Waals surface area contributed by atoms with Gasteiger partial charge in [-0.25, -0.2) is 14.7 Å². The predicted molar refractivity (Wildman–Crippen MR) is 102 cm³/mol. The Bertz CT molecular complexity index is 1010. The quantitative estimate of drug-likeness (QED) is 0.409. The first-order valence-electron chi connectivity index (χ1n) is 8.46. The molecule has 1 aromatic carbocycles. The molecule has 1 atom stereocenters. The topological polar surface area (TPSA) is 140 Å². The number of hydrogen-bond donors (Lipinski definition) is 1. The number of carbonyl (C=O) groups is 3. The molecule has 1 aromatic heterocycles. The Kier molecular flexibility index (Phi) is 5.78. The summed E-state index contributed by atoms with van der Waals surface area (Å²) in [5.74, 6) is -2.26. The normalized spacial score (nSPS) is 16.2. The van der Waals surface area contributed by atoms with Crippen molar-refractivity contribution in [1.82, 2.24) is 4.98 Å². The highest BCUT2D eigenvalue weighted by molar-refractivity contribution is 8.00. The highest BCUT2D eigenvalue weighted by Crippen LogP contribution is 2.39. The van der Waals surface area contributed by atoms with E-state index in [2.05, 4.69) is 4.98 Å². The molecule has 1 aliphatic rings. The second kappa shape index (κ2) is 8.27. The molecule has 1 fully saturated rings. The van der Waals surface area contributed by atoms with E-state index in [4.69, 9.17) is 4.74 Å². The number of imide groups is 1. The van der Waals surface area contributed by atoms with Crippen LogP contribution in [0.25, 0.3) is 0 Å². The van der Waals surface area contributed by atoms with Crippen LogP contribution in [0.2, 0.25) is 0 Å². The molecule has 0 spiro atoms. The van der Waals surface area contributed by atoms with Gasteiger partial charge >= 0.3 is 5.97 Å². The van der Waals surface area contributed by atoms with Crippen LogP contribution >= 0.6 is 11.8 Å². The summed E-state index contributed by atoms with van der Waals surface area (Å²) in [6, 6.07) is 6.67. The van der Waals surface area contributed by atoms with Crippen molar-refractivity contribution in [2.24, 2.45) is 0 Å². The van der Waals surface area contributed by atoms with Gasteiger partial charge in [0.1, 0.15) is 16.5 Å². The molecule has 0 saturated carbocycles. The summed E-state index contributed by atoms with van der Waals surface area (Å²) in [4.78, 5) is 52.2. The molecule has 0 aliphatic carbocycles. The van der Waals surface area contributed by atoms with Gasteiger partial charge in [-0.3, -0.25) is 19.7 Å². The zero-order valence-electron chi connectivity index (χ0n) is 15.1. The van der Waals surface area contributed by atoms with Crippen LogP contribution < -0.4 is 9.64 Å². The van der Waals surface area contributed by atoms with Gasteiger partial charge < -0.3 is 9.84 Å². The van der Waals surface area contributed by atoms with Crippen LogP contribution in [-0.4, -0.2) is 44.7 Å². The number of aromatic carboxylic acids is 1. The largest absolute Gasteiger partial charge is 0.494 e. The molecule has 1 aliphatic heterocycles. The van der Waals surface area contributed by atoms with E-state index in [-0.39, 0.29) is 28.4 Å². The van der Waals surface area contributed by atoms with Gasteiger partial charge in [-0.15, -0.1) is 0 Å². The van der Waals surface area contributed by atoms with Crippen molar-refractivity contribution < 1.29 is 29.2 Å². The Labute approximate surface area is 168 Å². The molecular formula is C18H15N3O7S. The summed E-state index contributed by atoms with van der Waals surface area (Å²) < 4.78 is 5.24. The van der Waals surface area contributed by atoms with E-state index in [1.54, 1.807) is 6.92 Å². The fourth-order valence-corrected chi connectivity index (χ4v) is 3.93. The third-order valence-corrected chi connectivity index (χ3v) is 5.26. The van der Waals surface area contributed by atoms with Crippen molar-refractivity contribution in [3.63, 3.8) is 0 Å². The number of carboxylic acid groups (broad SMARTS) is 1. The van der Waals surface area contributed by atoms with E-state index in [0.717, 1.165) is 22.7 Å². The Hall–Kier alpha value is -3.47. The number of aromatic nitrogens is 1. The lowest BCUT2D eigenvalue weighted by atomic mass is 10.2. The number of nitro groups is 1. The first kappa shape index (κ1) is 20.3. The number of anilines is 1. The Balaban J connectivity index is 1.92. The van der Waals surface area contributed by atoms with Gasteiger partial charge in [0.25, 0.3) is 5.69 Å². The zero-order chi connectivity index (χ0) is 21.1. The molecule has 2 heterocycles. The maximum atomic E-state index is 12.8. The lowest BCUT2D eigenvalue weighted by molar-refractivity contribution is -0.384. The van der Waals surface area contributed by atoms with Gasteiger partial charge in [-0.1, -0.05) is 11.8 Å². The van der Waals surface area contributed by atoms with Gasteiger partial charge in [0, 0.05) is 12.6 Å². The highest BCUT2D eigenvalue weighted by Gasteiger charge is 2.43. The number of nitrogens with zero attached hydrogens (tertiary/aromatic N) is 3. The number of carboxylic acids is 1. The number of rotatable bonds is 7. The fourth-order valence-electron chi connectivity index (χ4n) is 2.83. The van der Waals surface area contributed by atoms with Crippen LogP contribution in [0.15, 0.2) is 41.6 Å². The second-order valence-electron chi connectivity index (χ2n) is 5.88. The first-order chi connectivity index (χ1) is 13.8. The number of nitro benzene ring substituents is 1. The van der Waals surface area contributed by atoms with Crippen LogP contribution in [0, 0.1) is 10.1 Å². The molecule has 11 heteroatoms. The zero-order valence-corrected chi connectivity index (χ0v) is 15.9. The van der Waals surface area contributed by atoms with Crippen LogP contribution in [0.4, 0.5) is 11.4 Å². The second-order valence-corrected chi connectivity index (χ2v) is 7.07. The van der Waals surface area contributed by atoms with Crippen molar-refractivity contribution in [2.75, 3.05) is 11.5 Å². The molecule has 2 amide bonds. The molecule has 2 aromatic rings. The van der Waals surface area contributed by atoms with Gasteiger partial charge in [-0.2, -0.15) is 0 Å². The number of hydrogen-bond acceptors (Lipinski definition) is 8. The molecule has 10 nitrogen and oxygen atoms in total. The third-order valence-electron chi connectivity index (χ3n) is 4.06. The van der Waals surface area contributed by atoms with E-state index in [0.29, 0.717) is 6.61 Å². The smallest absolute Gasteiger partial charge is 0.338 e. The van der Waals surface area contributed by atoms with Gasteiger partial charge in [0.15, 0.2) is 0 Å². The lowest BCUT2D eigenvalue weighted by Gasteiger charge is -2.16. The maximum Gasteiger partial charge on any atom is 0.338 e. The Morgan fingerprint density at radius 2 is 2.17 bits per heavy atom. The third kappa shape index (κ3) is 4.04. The van der Waals surface area contributed by atoms with Crippen LogP contribution in [-0.2, 0) is 9.59 Å². The average Bonchev–Trinajstić information content (AvgIpc) is 2.95. The monoisotopic (exact) mass is 417 g/mol. The highest BCUT2D eigenvalue weighted by atomic mass is 32.2. The summed E-state index contributed by atoms with van der Waals surface area (Å²) in [5.41, 5.74) is -0.688. The summed E-state index contributed by atoms with van der Waals surface area (Å²) in [5, 5.41) is 19.9. The molecule has 1 saturated heterocycles. The molecule has 0 radical (unpaired) electrons.